The summed E-state index contributed by atoms with van der Waals surface area (Å²) in [6.07, 6.45) is 4.08. The van der Waals surface area contributed by atoms with Gasteiger partial charge in [0.05, 0.1) is 5.52 Å². The van der Waals surface area contributed by atoms with Gasteiger partial charge in [-0.05, 0) is 25.8 Å². The van der Waals surface area contributed by atoms with Gasteiger partial charge in [0.25, 0.3) is 0 Å². The lowest BCUT2D eigenvalue weighted by Crippen LogP contribution is -2.18. The van der Waals surface area contributed by atoms with E-state index in [2.05, 4.69) is 39.5 Å². The van der Waals surface area contributed by atoms with E-state index in [-0.39, 0.29) is 0 Å². The van der Waals surface area contributed by atoms with Crippen LogP contribution in [-0.4, -0.2) is 28.1 Å². The normalized spacial score (nSPS) is 14.4. The lowest BCUT2D eigenvalue weighted by atomic mass is 10.3. The van der Waals surface area contributed by atoms with Crippen molar-refractivity contribution in [1.82, 2.24) is 14.5 Å². The molecule has 1 aliphatic heterocycles. The third kappa shape index (κ3) is 1.22. The second kappa shape index (κ2) is 3.47. The summed E-state index contributed by atoms with van der Waals surface area (Å²) in [7, 11) is 2.08. The minimum Gasteiger partial charge on any atom is -0.358 e. The lowest BCUT2D eigenvalue weighted by molar-refractivity contribution is 0.768. The molecule has 0 spiro atoms. The van der Waals surface area contributed by atoms with Crippen molar-refractivity contribution in [3.8, 4) is 0 Å². The van der Waals surface area contributed by atoms with Crippen LogP contribution in [0.3, 0.4) is 0 Å². The van der Waals surface area contributed by atoms with E-state index < -0.39 is 0 Å². The zero-order valence-electron chi connectivity index (χ0n) is 9.77. The Morgan fingerprint density at radius 1 is 1.44 bits per heavy atom. The van der Waals surface area contributed by atoms with Crippen LogP contribution in [0.1, 0.15) is 19.0 Å². The molecule has 2 aromatic rings. The summed E-state index contributed by atoms with van der Waals surface area (Å²) in [5.41, 5.74) is 3.70. The lowest BCUT2D eigenvalue weighted by Gasteiger charge is -2.17. The molecular weight excluding hydrogens is 200 g/mol. The first-order valence-corrected chi connectivity index (χ1v) is 5.85. The third-order valence-corrected chi connectivity index (χ3v) is 3.40. The number of aromatic nitrogens is 3. The Kier molecular flexibility index (Phi) is 2.09. The van der Waals surface area contributed by atoms with Gasteiger partial charge in [0, 0.05) is 25.8 Å². The minimum absolute atomic E-state index is 0.965. The zero-order valence-corrected chi connectivity index (χ0v) is 9.77. The minimum atomic E-state index is 0.965. The standard InChI is InChI=1S/C12H16N4/c1-3-15(2)12-11-10(13-8-14-12)7-9-5-4-6-16(9)11/h7-8H,3-6H2,1-2H3. The Bertz CT molecular complexity index is 529. The molecule has 4 nitrogen and oxygen atoms in total. The maximum atomic E-state index is 4.42. The highest BCUT2D eigenvalue weighted by Gasteiger charge is 2.19. The first-order chi connectivity index (χ1) is 7.81. The van der Waals surface area contributed by atoms with Gasteiger partial charge in [-0.1, -0.05) is 0 Å². The van der Waals surface area contributed by atoms with Gasteiger partial charge in [-0.15, -0.1) is 0 Å². The Balaban J connectivity index is 2.28. The Morgan fingerprint density at radius 2 is 2.31 bits per heavy atom. The van der Waals surface area contributed by atoms with Crippen molar-refractivity contribution in [2.75, 3.05) is 18.5 Å². The van der Waals surface area contributed by atoms with Crippen LogP contribution >= 0.6 is 0 Å². The molecule has 0 amide bonds. The number of anilines is 1. The van der Waals surface area contributed by atoms with Gasteiger partial charge < -0.3 is 9.47 Å². The monoisotopic (exact) mass is 216 g/mol. The van der Waals surface area contributed by atoms with Crippen molar-refractivity contribution in [3.05, 3.63) is 18.1 Å². The second-order valence-electron chi connectivity index (χ2n) is 4.34. The Hall–Kier alpha value is -1.58. The molecule has 0 aromatic carbocycles. The van der Waals surface area contributed by atoms with E-state index in [1.807, 2.05) is 0 Å². The molecule has 3 rings (SSSR count). The topological polar surface area (TPSA) is 34.0 Å². The van der Waals surface area contributed by atoms with Crippen molar-refractivity contribution in [3.63, 3.8) is 0 Å². The molecule has 0 bridgehead atoms. The maximum Gasteiger partial charge on any atom is 0.156 e. The first-order valence-electron chi connectivity index (χ1n) is 5.85. The number of hydrogen-bond acceptors (Lipinski definition) is 3. The molecule has 1 aliphatic rings. The van der Waals surface area contributed by atoms with Gasteiger partial charge in [-0.2, -0.15) is 0 Å². The highest BCUT2D eigenvalue weighted by molar-refractivity contribution is 5.87. The highest BCUT2D eigenvalue weighted by atomic mass is 15.2. The number of hydrogen-bond donors (Lipinski definition) is 0. The summed E-state index contributed by atoms with van der Waals surface area (Å²) in [6, 6.07) is 2.21. The van der Waals surface area contributed by atoms with Crippen LogP contribution in [0.25, 0.3) is 11.0 Å². The first kappa shape index (κ1) is 9.63. The van der Waals surface area contributed by atoms with E-state index in [0.717, 1.165) is 24.4 Å². The molecule has 16 heavy (non-hydrogen) atoms. The van der Waals surface area contributed by atoms with Crippen LogP contribution in [0.15, 0.2) is 12.4 Å². The van der Waals surface area contributed by atoms with E-state index in [1.165, 1.54) is 24.1 Å². The van der Waals surface area contributed by atoms with Gasteiger partial charge in [0.15, 0.2) is 5.82 Å². The number of fused-ring (bicyclic) bond motifs is 3. The molecular formula is C12H16N4. The van der Waals surface area contributed by atoms with Gasteiger partial charge in [0.2, 0.25) is 0 Å². The highest BCUT2D eigenvalue weighted by Crippen LogP contribution is 2.29. The van der Waals surface area contributed by atoms with Crippen molar-refractivity contribution in [2.45, 2.75) is 26.3 Å². The van der Waals surface area contributed by atoms with Gasteiger partial charge in [-0.25, -0.2) is 9.97 Å². The summed E-state index contributed by atoms with van der Waals surface area (Å²) in [6.45, 7) is 4.21. The largest absolute Gasteiger partial charge is 0.358 e. The quantitative estimate of drug-likeness (QED) is 0.768. The number of rotatable bonds is 2. The number of aryl methyl sites for hydroxylation is 2. The molecule has 0 saturated carbocycles. The third-order valence-electron chi connectivity index (χ3n) is 3.40. The van der Waals surface area contributed by atoms with Gasteiger partial charge in [-0.3, -0.25) is 0 Å². The van der Waals surface area contributed by atoms with E-state index in [0.29, 0.717) is 0 Å². The van der Waals surface area contributed by atoms with Crippen molar-refractivity contribution >= 4 is 16.9 Å². The van der Waals surface area contributed by atoms with Crippen molar-refractivity contribution < 1.29 is 0 Å². The van der Waals surface area contributed by atoms with Crippen molar-refractivity contribution in [2.24, 2.45) is 0 Å². The fraction of sp³-hybridized carbons (Fsp3) is 0.500. The van der Waals surface area contributed by atoms with Crippen LogP contribution < -0.4 is 4.90 Å². The number of nitrogens with zero attached hydrogens (tertiary/aromatic N) is 4. The molecule has 3 heterocycles. The van der Waals surface area contributed by atoms with E-state index in [9.17, 15) is 0 Å². The zero-order chi connectivity index (χ0) is 11.1. The fourth-order valence-corrected chi connectivity index (χ4v) is 2.44. The molecule has 84 valence electrons. The van der Waals surface area contributed by atoms with Crippen LogP contribution in [0.5, 0.6) is 0 Å². The SMILES string of the molecule is CCN(C)c1ncnc2cc3n(c12)CCC3. The van der Waals surface area contributed by atoms with Crippen LogP contribution in [0.2, 0.25) is 0 Å². The summed E-state index contributed by atoms with van der Waals surface area (Å²) >= 11 is 0. The average molecular weight is 216 g/mol. The molecule has 0 unspecified atom stereocenters. The van der Waals surface area contributed by atoms with Gasteiger partial charge >= 0.3 is 0 Å². The summed E-state index contributed by atoms with van der Waals surface area (Å²) < 4.78 is 2.37. The molecule has 0 radical (unpaired) electrons. The molecule has 0 fully saturated rings. The predicted octanol–water partition coefficient (Wildman–Crippen LogP) is 1.83. The summed E-state index contributed by atoms with van der Waals surface area (Å²) in [5.74, 6) is 1.06. The van der Waals surface area contributed by atoms with Crippen LogP contribution in [0, 0.1) is 0 Å². The Morgan fingerprint density at radius 3 is 3.12 bits per heavy atom. The fourth-order valence-electron chi connectivity index (χ4n) is 2.44. The van der Waals surface area contributed by atoms with Crippen molar-refractivity contribution in [1.29, 1.82) is 0 Å². The summed E-state index contributed by atoms with van der Waals surface area (Å²) in [4.78, 5) is 11.0. The predicted molar refractivity (Wildman–Crippen MR) is 64.8 cm³/mol. The molecule has 0 aliphatic carbocycles. The maximum absolute atomic E-state index is 4.42. The smallest absolute Gasteiger partial charge is 0.156 e. The van der Waals surface area contributed by atoms with E-state index in [1.54, 1.807) is 6.33 Å². The Labute approximate surface area is 94.9 Å². The van der Waals surface area contributed by atoms with Crippen LogP contribution in [0.4, 0.5) is 5.82 Å². The second-order valence-corrected chi connectivity index (χ2v) is 4.34. The molecule has 4 heteroatoms. The van der Waals surface area contributed by atoms with E-state index in [4.69, 9.17) is 0 Å². The molecule has 0 N–H and O–H groups in total. The van der Waals surface area contributed by atoms with Crippen LogP contribution in [-0.2, 0) is 13.0 Å². The molecule has 0 atom stereocenters. The average Bonchev–Trinajstić information content (AvgIpc) is 2.86. The van der Waals surface area contributed by atoms with E-state index >= 15 is 0 Å². The molecule has 2 aromatic heterocycles. The van der Waals surface area contributed by atoms with Gasteiger partial charge in [0.1, 0.15) is 11.8 Å². The summed E-state index contributed by atoms with van der Waals surface area (Å²) in [5, 5.41) is 0. The molecule has 0 saturated heterocycles.